The molecule has 0 radical (unpaired) electrons. The highest BCUT2D eigenvalue weighted by molar-refractivity contribution is 5.82. The lowest BCUT2D eigenvalue weighted by Crippen LogP contribution is -2.49. The van der Waals surface area contributed by atoms with Gasteiger partial charge < -0.3 is 4.90 Å². The average molecular weight is 238 g/mol. The minimum absolute atomic E-state index is 0.170. The summed E-state index contributed by atoms with van der Waals surface area (Å²) in [6.45, 7) is 9.73. The van der Waals surface area contributed by atoms with Gasteiger partial charge in [0.1, 0.15) is 0 Å². The van der Waals surface area contributed by atoms with Crippen LogP contribution in [-0.2, 0) is 4.79 Å². The Kier molecular flexibility index (Phi) is 4.08. The number of hydrogen-bond acceptors (Lipinski definition) is 2. The maximum atomic E-state index is 12.5. The summed E-state index contributed by atoms with van der Waals surface area (Å²) in [4.78, 5) is 17.0. The molecule has 1 amide bonds. The Hall–Kier alpha value is -0.570. The maximum absolute atomic E-state index is 12.5. The van der Waals surface area contributed by atoms with E-state index in [0.717, 1.165) is 32.0 Å². The van der Waals surface area contributed by atoms with Gasteiger partial charge >= 0.3 is 0 Å². The number of hydrogen-bond donors (Lipinski definition) is 0. The van der Waals surface area contributed by atoms with Crippen molar-refractivity contribution in [2.24, 2.45) is 5.92 Å². The number of amides is 1. The topological polar surface area (TPSA) is 23.6 Å². The van der Waals surface area contributed by atoms with Crippen molar-refractivity contribution in [2.45, 2.75) is 58.5 Å². The number of likely N-dealkylation sites (tertiary alicyclic amines) is 2. The largest absolute Gasteiger partial charge is 0.341 e. The van der Waals surface area contributed by atoms with E-state index < -0.39 is 0 Å². The third kappa shape index (κ3) is 2.82. The van der Waals surface area contributed by atoms with Crippen molar-refractivity contribution < 1.29 is 4.79 Å². The lowest BCUT2D eigenvalue weighted by molar-refractivity contribution is -0.137. The van der Waals surface area contributed by atoms with E-state index in [1.165, 1.54) is 19.3 Å². The molecule has 98 valence electrons. The van der Waals surface area contributed by atoms with Crippen LogP contribution in [-0.4, -0.2) is 47.4 Å². The lowest BCUT2D eigenvalue weighted by atomic mass is 9.98. The van der Waals surface area contributed by atoms with Gasteiger partial charge in [-0.15, -0.1) is 0 Å². The first-order chi connectivity index (χ1) is 8.09. The summed E-state index contributed by atoms with van der Waals surface area (Å²) >= 11 is 0. The summed E-state index contributed by atoms with van der Waals surface area (Å²) in [6, 6.07) is 0.665. The third-order valence-corrected chi connectivity index (χ3v) is 4.34. The van der Waals surface area contributed by atoms with Gasteiger partial charge in [0.2, 0.25) is 5.91 Å². The van der Waals surface area contributed by atoms with Gasteiger partial charge in [0.25, 0.3) is 0 Å². The normalized spacial score (nSPS) is 28.0. The highest BCUT2D eigenvalue weighted by Gasteiger charge is 2.35. The van der Waals surface area contributed by atoms with Crippen molar-refractivity contribution in [2.75, 3.05) is 19.6 Å². The molecule has 1 atom stereocenters. The van der Waals surface area contributed by atoms with E-state index in [1.54, 1.807) is 0 Å². The second-order valence-corrected chi connectivity index (χ2v) is 6.00. The zero-order valence-electron chi connectivity index (χ0n) is 11.5. The van der Waals surface area contributed by atoms with Crippen molar-refractivity contribution in [3.8, 4) is 0 Å². The van der Waals surface area contributed by atoms with E-state index in [0.29, 0.717) is 11.9 Å². The van der Waals surface area contributed by atoms with Crippen molar-refractivity contribution in [3.63, 3.8) is 0 Å². The summed E-state index contributed by atoms with van der Waals surface area (Å²) in [5.74, 6) is 1.19. The average Bonchev–Trinajstić information content (AvgIpc) is 2.78. The standard InChI is InChI=1S/C14H26N2O/c1-11(2)16-8-4-5-13(16)14(17)15-9-6-12(3)7-10-15/h11-13H,4-10H2,1-3H3/t13-/m0/s1. The summed E-state index contributed by atoms with van der Waals surface area (Å²) in [5, 5.41) is 0. The minimum atomic E-state index is 0.170. The quantitative estimate of drug-likeness (QED) is 0.735. The number of piperidine rings is 1. The smallest absolute Gasteiger partial charge is 0.239 e. The fourth-order valence-electron chi connectivity index (χ4n) is 3.11. The van der Waals surface area contributed by atoms with Gasteiger partial charge in [-0.25, -0.2) is 0 Å². The Morgan fingerprint density at radius 3 is 2.35 bits per heavy atom. The van der Waals surface area contributed by atoms with Crippen LogP contribution in [0.5, 0.6) is 0 Å². The molecule has 0 bridgehead atoms. The van der Waals surface area contributed by atoms with Crippen LogP contribution >= 0.6 is 0 Å². The minimum Gasteiger partial charge on any atom is -0.341 e. The Morgan fingerprint density at radius 2 is 1.76 bits per heavy atom. The van der Waals surface area contributed by atoms with E-state index in [1.807, 2.05) is 0 Å². The summed E-state index contributed by atoms with van der Waals surface area (Å²) < 4.78 is 0. The molecule has 0 aromatic rings. The number of carbonyl (C=O) groups excluding carboxylic acids is 1. The molecule has 0 unspecified atom stereocenters. The van der Waals surface area contributed by atoms with Crippen LogP contribution in [0.15, 0.2) is 0 Å². The fourth-order valence-corrected chi connectivity index (χ4v) is 3.11. The molecule has 0 aromatic heterocycles. The molecule has 0 saturated carbocycles. The highest BCUT2D eigenvalue weighted by atomic mass is 16.2. The van der Waals surface area contributed by atoms with Crippen LogP contribution in [0.25, 0.3) is 0 Å². The Morgan fingerprint density at radius 1 is 1.12 bits per heavy atom. The van der Waals surface area contributed by atoms with E-state index in [-0.39, 0.29) is 6.04 Å². The number of rotatable bonds is 2. The van der Waals surface area contributed by atoms with Gasteiger partial charge in [-0.3, -0.25) is 9.69 Å². The van der Waals surface area contributed by atoms with Crippen LogP contribution in [0.2, 0.25) is 0 Å². The van der Waals surface area contributed by atoms with Gasteiger partial charge in [-0.05, 0) is 52.0 Å². The van der Waals surface area contributed by atoms with Crippen LogP contribution in [0, 0.1) is 5.92 Å². The Balaban J connectivity index is 1.95. The second kappa shape index (κ2) is 5.38. The van der Waals surface area contributed by atoms with Crippen LogP contribution in [0.3, 0.4) is 0 Å². The van der Waals surface area contributed by atoms with E-state index in [4.69, 9.17) is 0 Å². The monoisotopic (exact) mass is 238 g/mol. The molecule has 17 heavy (non-hydrogen) atoms. The fraction of sp³-hybridized carbons (Fsp3) is 0.929. The first kappa shape index (κ1) is 12.9. The van der Waals surface area contributed by atoms with E-state index >= 15 is 0 Å². The molecule has 2 aliphatic rings. The molecule has 0 aromatic carbocycles. The molecule has 0 N–H and O–H groups in total. The molecule has 3 heteroatoms. The number of nitrogens with zero attached hydrogens (tertiary/aromatic N) is 2. The molecule has 0 aliphatic carbocycles. The Bertz CT molecular complexity index is 269. The van der Waals surface area contributed by atoms with Crippen LogP contribution in [0.1, 0.15) is 46.5 Å². The van der Waals surface area contributed by atoms with Gasteiger partial charge in [0.15, 0.2) is 0 Å². The number of carbonyl (C=O) groups is 1. The molecule has 2 heterocycles. The predicted molar refractivity (Wildman–Crippen MR) is 69.8 cm³/mol. The molecule has 3 nitrogen and oxygen atoms in total. The molecular weight excluding hydrogens is 212 g/mol. The zero-order valence-corrected chi connectivity index (χ0v) is 11.5. The zero-order chi connectivity index (χ0) is 12.4. The molecular formula is C14H26N2O. The Labute approximate surface area is 105 Å². The molecule has 2 saturated heterocycles. The van der Waals surface area contributed by atoms with Crippen molar-refractivity contribution in [3.05, 3.63) is 0 Å². The molecule has 2 aliphatic heterocycles. The molecule has 0 spiro atoms. The summed E-state index contributed by atoms with van der Waals surface area (Å²) in [7, 11) is 0. The third-order valence-electron chi connectivity index (χ3n) is 4.34. The van der Waals surface area contributed by atoms with Crippen molar-refractivity contribution in [1.82, 2.24) is 9.80 Å². The van der Waals surface area contributed by atoms with Gasteiger partial charge in [-0.1, -0.05) is 6.92 Å². The first-order valence-electron chi connectivity index (χ1n) is 7.14. The van der Waals surface area contributed by atoms with Crippen molar-refractivity contribution in [1.29, 1.82) is 0 Å². The van der Waals surface area contributed by atoms with Gasteiger partial charge in [0.05, 0.1) is 6.04 Å². The van der Waals surface area contributed by atoms with E-state index in [2.05, 4.69) is 30.6 Å². The molecule has 2 rings (SSSR count). The van der Waals surface area contributed by atoms with Crippen molar-refractivity contribution >= 4 is 5.91 Å². The lowest BCUT2D eigenvalue weighted by Gasteiger charge is -2.35. The van der Waals surface area contributed by atoms with Crippen LogP contribution in [0.4, 0.5) is 0 Å². The van der Waals surface area contributed by atoms with E-state index in [9.17, 15) is 4.79 Å². The predicted octanol–water partition coefficient (Wildman–Crippen LogP) is 2.12. The van der Waals surface area contributed by atoms with Gasteiger partial charge in [0, 0.05) is 19.1 Å². The second-order valence-electron chi connectivity index (χ2n) is 6.00. The summed E-state index contributed by atoms with van der Waals surface area (Å²) in [5.41, 5.74) is 0. The molecule has 2 fully saturated rings. The maximum Gasteiger partial charge on any atom is 0.239 e. The SMILES string of the molecule is CC1CCN(C(=O)[C@@H]2CCCN2C(C)C)CC1. The highest BCUT2D eigenvalue weighted by Crippen LogP contribution is 2.24. The van der Waals surface area contributed by atoms with Crippen LogP contribution < -0.4 is 0 Å². The summed E-state index contributed by atoms with van der Waals surface area (Å²) in [6.07, 6.45) is 4.60. The van der Waals surface area contributed by atoms with Gasteiger partial charge in [-0.2, -0.15) is 0 Å². The first-order valence-corrected chi connectivity index (χ1v) is 7.14.